The van der Waals surface area contributed by atoms with Gasteiger partial charge in [0, 0.05) is 69.0 Å². The number of aromatic carboxylic acids is 1. The van der Waals surface area contributed by atoms with Gasteiger partial charge in [-0.15, -0.1) is 12.4 Å². The molecule has 0 radical (unpaired) electrons. The second-order valence-electron chi connectivity index (χ2n) is 15.1. The van der Waals surface area contributed by atoms with Gasteiger partial charge in [-0.3, -0.25) is 24.0 Å². The summed E-state index contributed by atoms with van der Waals surface area (Å²) in [6.45, 7) is 4.70. The Balaban J connectivity index is 0.000000217. The van der Waals surface area contributed by atoms with Crippen molar-refractivity contribution >= 4 is 47.9 Å². The topological polar surface area (TPSA) is 187 Å². The van der Waals surface area contributed by atoms with E-state index in [1.807, 2.05) is 78.9 Å². The number of rotatable bonds is 12. The summed E-state index contributed by atoms with van der Waals surface area (Å²) in [6, 6.07) is 49.8. The number of carbonyl (C=O) groups is 6. The molecule has 5 amide bonds. The molecule has 2 saturated heterocycles. The largest absolute Gasteiger partial charge is 0.478 e. The molecular weight excluding hydrogens is 888 g/mol. The lowest BCUT2D eigenvalue weighted by Gasteiger charge is -2.34. The third-order valence-corrected chi connectivity index (χ3v) is 10.4. The van der Waals surface area contributed by atoms with Crippen molar-refractivity contribution in [2.24, 2.45) is 0 Å². The molecule has 6 aromatic rings. The van der Waals surface area contributed by atoms with Crippen LogP contribution in [0.2, 0.25) is 0 Å². The number of carboxylic acid groups (broad SMARTS) is 1. The first-order valence-electron chi connectivity index (χ1n) is 21.7. The van der Waals surface area contributed by atoms with Crippen LogP contribution >= 0.6 is 12.4 Å². The number of nitrogens with zero attached hydrogens (tertiary/aromatic N) is 3. The number of halogens is 1. The molecule has 2 heterocycles. The summed E-state index contributed by atoms with van der Waals surface area (Å²) >= 11 is 0. The van der Waals surface area contributed by atoms with Gasteiger partial charge in [-0.25, -0.2) is 4.79 Å². The van der Waals surface area contributed by atoms with E-state index in [4.69, 9.17) is 14.6 Å². The van der Waals surface area contributed by atoms with Crippen LogP contribution in [-0.4, -0.2) is 121 Å². The minimum Gasteiger partial charge on any atom is -0.478 e. The molecule has 0 aliphatic carbocycles. The Hall–Kier alpha value is -8.01. The average Bonchev–Trinajstić information content (AvgIpc) is 3.39. The average molecular weight is 941 g/mol. The van der Waals surface area contributed by atoms with Gasteiger partial charge in [0.05, 0.1) is 18.7 Å². The maximum Gasteiger partial charge on any atom is 0.335 e. The number of carbonyl (C=O) groups excluding carboxylic acids is 5. The molecule has 4 N–H and O–H groups in total. The Morgan fingerprint density at radius 1 is 0.426 bits per heavy atom. The van der Waals surface area contributed by atoms with Crippen molar-refractivity contribution in [2.75, 3.05) is 65.4 Å². The van der Waals surface area contributed by atoms with Gasteiger partial charge in [0.25, 0.3) is 17.7 Å². The highest BCUT2D eigenvalue weighted by Gasteiger charge is 2.25. The van der Waals surface area contributed by atoms with E-state index in [0.717, 1.165) is 18.8 Å². The number of amides is 5. The molecule has 0 saturated carbocycles. The third-order valence-electron chi connectivity index (χ3n) is 10.4. The van der Waals surface area contributed by atoms with Gasteiger partial charge < -0.3 is 45.2 Å². The molecule has 2 aliphatic heterocycles. The fourth-order valence-electron chi connectivity index (χ4n) is 6.75. The fourth-order valence-corrected chi connectivity index (χ4v) is 6.75. The van der Waals surface area contributed by atoms with Crippen LogP contribution in [0.3, 0.4) is 0 Å². The summed E-state index contributed by atoms with van der Waals surface area (Å²) < 4.78 is 11.4. The van der Waals surface area contributed by atoms with E-state index >= 15 is 0 Å². The van der Waals surface area contributed by atoms with Crippen molar-refractivity contribution in [3.8, 4) is 23.0 Å². The van der Waals surface area contributed by atoms with E-state index in [1.54, 1.807) is 106 Å². The van der Waals surface area contributed by atoms with Crippen molar-refractivity contribution in [1.29, 1.82) is 0 Å². The van der Waals surface area contributed by atoms with Gasteiger partial charge >= 0.3 is 5.97 Å². The zero-order chi connectivity index (χ0) is 47.2. The first kappa shape index (κ1) is 51.0. The smallest absolute Gasteiger partial charge is 0.335 e. The Bertz CT molecular complexity index is 2520. The molecule has 0 unspecified atom stereocenters. The molecular formula is C52H53ClN6O9. The molecule has 2 aliphatic rings. The summed E-state index contributed by atoms with van der Waals surface area (Å²) in [7, 11) is 0. The zero-order valence-electron chi connectivity index (χ0n) is 37.2. The standard InChI is InChI=1S/C26H25N3O4.C19H21N3O3.C7H6O2.ClH/c30-24(28-15-17-29(18-16-28)26(32)21-7-3-1-4-8-21)19-27-25(31)20-11-13-23(14-12-20)33-22-9-5-2-6-10-22;23-18(22-12-10-20-11-13-22)14-21-19(24)15-6-8-17(9-7-15)25-16-4-2-1-3-5-16;8-7(9)6-4-2-1-3-5-6;/h1-14H,15-19H2,(H,27,31);1-9,20H,10-14H2,(H,21,24);1-5H,(H,8,9);1H. The molecule has 15 nitrogen and oxygen atoms in total. The molecule has 16 heteroatoms. The number of nitrogens with one attached hydrogen (secondary N) is 3. The van der Waals surface area contributed by atoms with Crippen LogP contribution in [0.5, 0.6) is 23.0 Å². The highest BCUT2D eigenvalue weighted by Crippen LogP contribution is 2.22. The SMILES string of the molecule is Cl.O=C(NCC(=O)N1CCN(C(=O)c2ccccc2)CC1)c1ccc(Oc2ccccc2)cc1.O=C(NCC(=O)N1CCNCC1)c1ccc(Oc2ccccc2)cc1.O=C(O)c1ccccc1. The van der Waals surface area contributed by atoms with Gasteiger partial charge in [0.2, 0.25) is 11.8 Å². The Morgan fingerprint density at radius 3 is 1.15 bits per heavy atom. The maximum atomic E-state index is 12.5. The van der Waals surface area contributed by atoms with Crippen LogP contribution in [0.25, 0.3) is 0 Å². The summed E-state index contributed by atoms with van der Waals surface area (Å²) in [5, 5.41) is 16.9. The van der Waals surface area contributed by atoms with E-state index in [0.29, 0.717) is 78.8 Å². The van der Waals surface area contributed by atoms with Gasteiger partial charge in [0.15, 0.2) is 0 Å². The number of hydrogen-bond acceptors (Lipinski definition) is 9. The summed E-state index contributed by atoms with van der Waals surface area (Å²) in [6.07, 6.45) is 0. The van der Waals surface area contributed by atoms with E-state index in [1.165, 1.54) is 0 Å². The Labute approximate surface area is 401 Å². The highest BCUT2D eigenvalue weighted by molar-refractivity contribution is 5.97. The van der Waals surface area contributed by atoms with Crippen LogP contribution in [0, 0.1) is 0 Å². The van der Waals surface area contributed by atoms with Gasteiger partial charge in [-0.1, -0.05) is 72.8 Å². The summed E-state index contributed by atoms with van der Waals surface area (Å²) in [5.41, 5.74) is 1.91. The molecule has 0 spiro atoms. The molecule has 2 fully saturated rings. The monoisotopic (exact) mass is 940 g/mol. The normalized spacial score (nSPS) is 12.8. The van der Waals surface area contributed by atoms with Crippen LogP contribution < -0.4 is 25.4 Å². The van der Waals surface area contributed by atoms with Gasteiger partial charge in [-0.2, -0.15) is 0 Å². The quantitative estimate of drug-likeness (QED) is 0.104. The van der Waals surface area contributed by atoms with Crippen molar-refractivity contribution in [2.45, 2.75) is 0 Å². The molecule has 0 atom stereocenters. The fraction of sp³-hybridized carbons (Fsp3) is 0.192. The lowest BCUT2D eigenvalue weighted by atomic mass is 10.2. The lowest BCUT2D eigenvalue weighted by molar-refractivity contribution is -0.131. The van der Waals surface area contributed by atoms with Crippen LogP contribution in [-0.2, 0) is 9.59 Å². The molecule has 0 aromatic heterocycles. The number of piperazine rings is 2. The van der Waals surface area contributed by atoms with Crippen LogP contribution in [0.4, 0.5) is 0 Å². The molecule has 352 valence electrons. The van der Waals surface area contributed by atoms with Crippen molar-refractivity contribution < 1.29 is 43.3 Å². The van der Waals surface area contributed by atoms with E-state index in [9.17, 15) is 28.8 Å². The van der Waals surface area contributed by atoms with Crippen LogP contribution in [0.15, 0.2) is 170 Å². The number of carboxylic acids is 1. The third kappa shape index (κ3) is 16.2. The Morgan fingerprint density at radius 2 is 0.765 bits per heavy atom. The van der Waals surface area contributed by atoms with Gasteiger partial charge in [-0.05, 0) is 97.1 Å². The highest BCUT2D eigenvalue weighted by atomic mass is 35.5. The first-order valence-corrected chi connectivity index (χ1v) is 21.7. The number of para-hydroxylation sites is 2. The summed E-state index contributed by atoms with van der Waals surface area (Å²) in [5.74, 6) is 0.996. The molecule has 8 rings (SSSR count). The Kier molecular flexibility index (Phi) is 20.1. The van der Waals surface area contributed by atoms with Crippen molar-refractivity contribution in [3.63, 3.8) is 0 Å². The second kappa shape index (κ2) is 26.8. The second-order valence-corrected chi connectivity index (χ2v) is 15.1. The van der Waals surface area contributed by atoms with E-state index in [2.05, 4.69) is 16.0 Å². The number of benzene rings is 6. The van der Waals surface area contributed by atoms with Gasteiger partial charge in [0.1, 0.15) is 23.0 Å². The minimum absolute atomic E-state index is 0. The molecule has 6 aromatic carbocycles. The predicted octanol–water partition coefficient (Wildman–Crippen LogP) is 6.64. The van der Waals surface area contributed by atoms with Crippen molar-refractivity contribution in [3.05, 3.63) is 192 Å². The molecule has 0 bridgehead atoms. The minimum atomic E-state index is -0.879. The number of ether oxygens (including phenoxy) is 2. The van der Waals surface area contributed by atoms with E-state index in [-0.39, 0.29) is 55.0 Å². The van der Waals surface area contributed by atoms with E-state index < -0.39 is 5.97 Å². The lowest BCUT2D eigenvalue weighted by Crippen LogP contribution is -2.52. The molecule has 68 heavy (non-hydrogen) atoms. The van der Waals surface area contributed by atoms with Crippen molar-refractivity contribution in [1.82, 2.24) is 30.7 Å². The summed E-state index contributed by atoms with van der Waals surface area (Å²) in [4.78, 5) is 77.1. The first-order chi connectivity index (χ1) is 32.6. The van der Waals surface area contributed by atoms with Crippen LogP contribution in [0.1, 0.15) is 41.4 Å². The predicted molar refractivity (Wildman–Crippen MR) is 260 cm³/mol. The number of hydrogen-bond donors (Lipinski definition) is 4. The zero-order valence-corrected chi connectivity index (χ0v) is 38.0. The maximum absolute atomic E-state index is 12.5.